The van der Waals surface area contributed by atoms with Crippen LogP contribution < -0.4 is 0 Å². The van der Waals surface area contributed by atoms with Crippen molar-refractivity contribution in [1.29, 1.82) is 0 Å². The van der Waals surface area contributed by atoms with E-state index in [4.69, 9.17) is 12.2 Å². The first-order valence-electron chi connectivity index (χ1n) is 6.42. The van der Waals surface area contributed by atoms with Crippen LogP contribution in [0.5, 0.6) is 0 Å². The molecule has 2 saturated carbocycles. The van der Waals surface area contributed by atoms with Gasteiger partial charge in [-0.05, 0) is 56.2 Å². The molecule has 1 N–H and O–H groups in total. The predicted octanol–water partition coefficient (Wildman–Crippen LogP) is 2.94. The van der Waals surface area contributed by atoms with Crippen molar-refractivity contribution in [2.24, 2.45) is 17.8 Å². The zero-order chi connectivity index (χ0) is 11.1. The zero-order valence-corrected chi connectivity index (χ0v) is 10.6. The van der Waals surface area contributed by atoms with Crippen LogP contribution in [0.1, 0.15) is 38.4 Å². The Morgan fingerprint density at radius 3 is 2.94 bits per heavy atom. The van der Waals surface area contributed by atoms with Gasteiger partial charge in [-0.3, -0.25) is 5.10 Å². The van der Waals surface area contributed by atoms with E-state index < -0.39 is 0 Å². The number of hydrogen-bond donors (Lipinski definition) is 1. The Bertz CT molecular complexity index is 434. The first kappa shape index (κ1) is 10.5. The number of fused-ring (bicyclic) bond motifs is 2. The first-order valence-corrected chi connectivity index (χ1v) is 6.82. The minimum Gasteiger partial charge on any atom is -0.304 e. The predicted molar refractivity (Wildman–Crippen MR) is 65.7 cm³/mol. The van der Waals surface area contributed by atoms with Gasteiger partial charge in [0.15, 0.2) is 4.77 Å². The van der Waals surface area contributed by atoms with Crippen LogP contribution in [0.2, 0.25) is 0 Å². The Morgan fingerprint density at radius 2 is 2.31 bits per heavy atom. The van der Waals surface area contributed by atoms with Crippen LogP contribution in [0.3, 0.4) is 0 Å². The number of nitrogens with zero attached hydrogens (tertiary/aromatic N) is 2. The summed E-state index contributed by atoms with van der Waals surface area (Å²) in [5.41, 5.74) is 0. The van der Waals surface area contributed by atoms with Gasteiger partial charge in [0.25, 0.3) is 0 Å². The third kappa shape index (κ3) is 1.63. The Morgan fingerprint density at radius 1 is 1.44 bits per heavy atom. The molecule has 0 saturated heterocycles. The minimum absolute atomic E-state index is 0.778. The summed E-state index contributed by atoms with van der Waals surface area (Å²) in [6, 6.07) is 0. The van der Waals surface area contributed by atoms with Crippen molar-refractivity contribution in [3.05, 3.63) is 10.6 Å². The standard InChI is InChI=1S/C12H19N3S/c1-2-15-11(13-14-12(15)16)7-10-6-8-3-4-9(10)5-8/h8-10H,2-7H2,1H3,(H,14,16). The number of hydrogen-bond acceptors (Lipinski definition) is 2. The Balaban J connectivity index is 1.77. The van der Waals surface area contributed by atoms with Gasteiger partial charge in [0.2, 0.25) is 0 Å². The molecule has 1 aromatic rings. The molecule has 2 aliphatic carbocycles. The molecule has 2 fully saturated rings. The van der Waals surface area contributed by atoms with Gasteiger partial charge < -0.3 is 4.57 Å². The van der Waals surface area contributed by atoms with E-state index in [2.05, 4.69) is 21.7 Å². The average molecular weight is 237 g/mol. The second-order valence-electron chi connectivity index (χ2n) is 5.33. The van der Waals surface area contributed by atoms with E-state index in [-0.39, 0.29) is 0 Å². The van der Waals surface area contributed by atoms with Gasteiger partial charge in [-0.15, -0.1) is 0 Å². The van der Waals surface area contributed by atoms with E-state index in [1.165, 1.54) is 31.5 Å². The molecular weight excluding hydrogens is 218 g/mol. The molecule has 3 nitrogen and oxygen atoms in total. The zero-order valence-electron chi connectivity index (χ0n) is 9.78. The third-order valence-corrected chi connectivity index (χ3v) is 4.79. The van der Waals surface area contributed by atoms with Gasteiger partial charge in [-0.1, -0.05) is 6.42 Å². The molecule has 0 aliphatic heterocycles. The normalized spacial score (nSPS) is 32.4. The van der Waals surface area contributed by atoms with E-state index in [9.17, 15) is 0 Å². The van der Waals surface area contributed by atoms with Gasteiger partial charge in [0.1, 0.15) is 5.82 Å². The van der Waals surface area contributed by atoms with Gasteiger partial charge in [0, 0.05) is 13.0 Å². The molecule has 2 bridgehead atoms. The fourth-order valence-corrected chi connectivity index (χ4v) is 3.97. The highest BCUT2D eigenvalue weighted by molar-refractivity contribution is 7.71. The smallest absolute Gasteiger partial charge is 0.195 e. The van der Waals surface area contributed by atoms with E-state index in [1.807, 2.05) is 0 Å². The first-order chi connectivity index (χ1) is 7.78. The Labute approximate surface area is 101 Å². The third-order valence-electron chi connectivity index (χ3n) is 4.48. The van der Waals surface area contributed by atoms with Gasteiger partial charge in [-0.25, -0.2) is 0 Å². The lowest BCUT2D eigenvalue weighted by Crippen LogP contribution is -2.16. The topological polar surface area (TPSA) is 33.6 Å². The van der Waals surface area contributed by atoms with Crippen molar-refractivity contribution in [1.82, 2.24) is 14.8 Å². The second kappa shape index (κ2) is 3.99. The fourth-order valence-electron chi connectivity index (χ4n) is 3.69. The second-order valence-corrected chi connectivity index (χ2v) is 5.72. The molecule has 16 heavy (non-hydrogen) atoms. The molecule has 0 radical (unpaired) electrons. The molecule has 1 heterocycles. The van der Waals surface area contributed by atoms with Crippen LogP contribution in [0.4, 0.5) is 0 Å². The fraction of sp³-hybridized carbons (Fsp3) is 0.833. The maximum atomic E-state index is 5.22. The number of aromatic amines is 1. The molecule has 88 valence electrons. The molecular formula is C12H19N3S. The molecule has 3 atom stereocenters. The molecule has 1 aromatic heterocycles. The summed E-state index contributed by atoms with van der Waals surface area (Å²) in [7, 11) is 0. The summed E-state index contributed by atoms with van der Waals surface area (Å²) < 4.78 is 2.92. The lowest BCUT2D eigenvalue weighted by molar-refractivity contribution is 0.323. The Kier molecular flexibility index (Phi) is 2.62. The number of rotatable bonds is 3. The van der Waals surface area contributed by atoms with E-state index >= 15 is 0 Å². The van der Waals surface area contributed by atoms with Crippen LogP contribution in [0, 0.1) is 22.5 Å². The van der Waals surface area contributed by atoms with Crippen molar-refractivity contribution >= 4 is 12.2 Å². The van der Waals surface area contributed by atoms with Crippen molar-refractivity contribution in [3.63, 3.8) is 0 Å². The maximum Gasteiger partial charge on any atom is 0.195 e. The molecule has 0 amide bonds. The van der Waals surface area contributed by atoms with Crippen LogP contribution in [0.15, 0.2) is 0 Å². The SMILES string of the molecule is CCn1c(CC2CC3CCC2C3)n[nH]c1=S. The highest BCUT2D eigenvalue weighted by atomic mass is 32.1. The van der Waals surface area contributed by atoms with Crippen molar-refractivity contribution in [2.45, 2.75) is 45.6 Å². The Hall–Kier alpha value is -0.640. The summed E-state index contributed by atoms with van der Waals surface area (Å²) in [6.45, 7) is 3.07. The molecule has 3 unspecified atom stereocenters. The van der Waals surface area contributed by atoms with Gasteiger partial charge in [0.05, 0.1) is 0 Å². The maximum absolute atomic E-state index is 5.22. The van der Waals surface area contributed by atoms with Crippen molar-refractivity contribution < 1.29 is 0 Å². The average Bonchev–Trinajstić information content (AvgIpc) is 2.94. The monoisotopic (exact) mass is 237 g/mol. The van der Waals surface area contributed by atoms with Crippen molar-refractivity contribution in [2.75, 3.05) is 0 Å². The van der Waals surface area contributed by atoms with Crippen LogP contribution in [-0.4, -0.2) is 14.8 Å². The summed E-state index contributed by atoms with van der Waals surface area (Å²) >= 11 is 5.22. The summed E-state index contributed by atoms with van der Waals surface area (Å²) in [5.74, 6) is 4.03. The number of nitrogens with one attached hydrogen (secondary N) is 1. The van der Waals surface area contributed by atoms with Gasteiger partial charge >= 0.3 is 0 Å². The lowest BCUT2D eigenvalue weighted by atomic mass is 9.86. The van der Waals surface area contributed by atoms with E-state index in [1.54, 1.807) is 0 Å². The quantitative estimate of drug-likeness (QED) is 0.820. The summed E-state index contributed by atoms with van der Waals surface area (Å²) in [4.78, 5) is 0. The lowest BCUT2D eigenvalue weighted by Gasteiger charge is -2.21. The molecule has 0 aromatic carbocycles. The highest BCUT2D eigenvalue weighted by Crippen LogP contribution is 2.49. The van der Waals surface area contributed by atoms with Crippen LogP contribution >= 0.6 is 12.2 Å². The summed E-state index contributed by atoms with van der Waals surface area (Å²) in [6.07, 6.45) is 6.95. The van der Waals surface area contributed by atoms with Crippen LogP contribution in [0.25, 0.3) is 0 Å². The van der Waals surface area contributed by atoms with Gasteiger partial charge in [-0.2, -0.15) is 5.10 Å². The van der Waals surface area contributed by atoms with E-state index in [0.717, 1.165) is 35.5 Å². The minimum atomic E-state index is 0.778. The van der Waals surface area contributed by atoms with Crippen molar-refractivity contribution in [3.8, 4) is 0 Å². The summed E-state index contributed by atoms with van der Waals surface area (Å²) in [5, 5.41) is 7.30. The largest absolute Gasteiger partial charge is 0.304 e. The molecule has 0 spiro atoms. The highest BCUT2D eigenvalue weighted by Gasteiger charge is 2.39. The van der Waals surface area contributed by atoms with E-state index in [0.29, 0.717) is 0 Å². The van der Waals surface area contributed by atoms with Crippen LogP contribution in [-0.2, 0) is 13.0 Å². The number of aromatic nitrogens is 3. The molecule has 3 rings (SSSR count). The molecule has 2 aliphatic rings. The molecule has 4 heteroatoms. The number of H-pyrrole nitrogens is 1.